The van der Waals surface area contributed by atoms with Gasteiger partial charge in [-0.05, 0) is 25.5 Å². The number of aromatic nitrogens is 2. The van der Waals surface area contributed by atoms with E-state index in [4.69, 9.17) is 16.0 Å². The summed E-state index contributed by atoms with van der Waals surface area (Å²) >= 11 is 6.15. The number of hydrogen-bond acceptors (Lipinski definition) is 8. The minimum atomic E-state index is -0.777. The topological polar surface area (TPSA) is 146 Å². The van der Waals surface area contributed by atoms with E-state index in [0.29, 0.717) is 17.0 Å². The lowest BCUT2D eigenvalue weighted by molar-refractivity contribution is -0.394. The summed E-state index contributed by atoms with van der Waals surface area (Å²) in [5.41, 5.74) is -0.607. The van der Waals surface area contributed by atoms with E-state index < -0.39 is 27.1 Å². The summed E-state index contributed by atoms with van der Waals surface area (Å²) in [6.07, 6.45) is 0.563. The second kappa shape index (κ2) is 9.52. The second-order valence-electron chi connectivity index (χ2n) is 6.86. The fourth-order valence-corrected chi connectivity index (χ4v) is 3.33. The quantitative estimate of drug-likeness (QED) is 0.351. The predicted octanol–water partition coefficient (Wildman–Crippen LogP) is 4.57. The van der Waals surface area contributed by atoms with Gasteiger partial charge in [0.1, 0.15) is 0 Å². The van der Waals surface area contributed by atoms with E-state index in [0.717, 1.165) is 12.1 Å². The molecule has 3 aromatic rings. The van der Waals surface area contributed by atoms with Gasteiger partial charge in [0.05, 0.1) is 38.6 Å². The maximum atomic E-state index is 13.2. The van der Waals surface area contributed by atoms with Gasteiger partial charge in [0, 0.05) is 18.2 Å². The molecule has 0 aliphatic carbocycles. The number of nitrogens with zero attached hydrogens (tertiary/aromatic N) is 5. The molecule has 11 nitrogen and oxygen atoms in total. The second-order valence-corrected chi connectivity index (χ2v) is 7.27. The van der Waals surface area contributed by atoms with Crippen molar-refractivity contribution < 1.29 is 19.1 Å². The number of rotatable bonds is 8. The van der Waals surface area contributed by atoms with Gasteiger partial charge in [-0.15, -0.1) is 10.2 Å². The Bertz CT molecular complexity index is 1190. The molecule has 0 bridgehead atoms. The molecule has 0 N–H and O–H groups in total. The minimum absolute atomic E-state index is 0.0361. The highest BCUT2D eigenvalue weighted by atomic mass is 35.5. The van der Waals surface area contributed by atoms with Crippen LogP contribution in [0.3, 0.4) is 0 Å². The maximum Gasteiger partial charge on any atom is 0.279 e. The zero-order valence-corrected chi connectivity index (χ0v) is 17.9. The molecule has 1 heterocycles. The van der Waals surface area contributed by atoms with Gasteiger partial charge in [0.2, 0.25) is 11.8 Å². The van der Waals surface area contributed by atoms with Gasteiger partial charge in [-0.3, -0.25) is 25.0 Å². The molecule has 2 aromatic carbocycles. The van der Waals surface area contributed by atoms with Crippen molar-refractivity contribution in [2.45, 2.75) is 26.8 Å². The van der Waals surface area contributed by atoms with Crippen LogP contribution in [-0.2, 0) is 6.54 Å². The summed E-state index contributed by atoms with van der Waals surface area (Å²) in [6.45, 7) is 3.39. The van der Waals surface area contributed by atoms with Crippen molar-refractivity contribution in [3.63, 3.8) is 0 Å². The van der Waals surface area contributed by atoms with E-state index in [9.17, 15) is 25.0 Å². The van der Waals surface area contributed by atoms with Crippen LogP contribution in [-0.4, -0.2) is 37.4 Å². The summed E-state index contributed by atoms with van der Waals surface area (Å²) in [4.78, 5) is 35.6. The van der Waals surface area contributed by atoms with Gasteiger partial charge in [-0.1, -0.05) is 30.7 Å². The molecule has 0 saturated carbocycles. The Morgan fingerprint density at radius 2 is 1.88 bits per heavy atom. The fraction of sp³-hybridized carbons (Fsp3) is 0.250. The van der Waals surface area contributed by atoms with E-state index in [1.165, 1.54) is 11.8 Å². The highest BCUT2D eigenvalue weighted by Gasteiger charge is 2.28. The lowest BCUT2D eigenvalue weighted by Gasteiger charge is -2.21. The molecule has 0 saturated heterocycles. The molecule has 166 valence electrons. The van der Waals surface area contributed by atoms with Gasteiger partial charge < -0.3 is 9.32 Å². The van der Waals surface area contributed by atoms with E-state index >= 15 is 0 Å². The van der Waals surface area contributed by atoms with E-state index in [1.54, 1.807) is 24.3 Å². The molecule has 0 fully saturated rings. The van der Waals surface area contributed by atoms with Crippen LogP contribution in [0.25, 0.3) is 11.5 Å². The van der Waals surface area contributed by atoms with Crippen LogP contribution in [0, 0.1) is 27.2 Å². The standard InChI is InChI=1S/C20H18ClN5O6/c1-3-8-24(11-18-22-23-19(32-18)14-6-4-5-7-16(14)21)20(27)15-9-13(25(28)29)10-17(12(15)2)26(30)31/h4-7,9-10H,3,8,11H2,1-2H3. The summed E-state index contributed by atoms with van der Waals surface area (Å²) < 4.78 is 5.65. The number of carbonyl (C=O) groups excluding carboxylic acids is 1. The molecule has 1 amide bonds. The first-order valence-electron chi connectivity index (χ1n) is 9.52. The molecule has 0 radical (unpaired) electrons. The van der Waals surface area contributed by atoms with Crippen molar-refractivity contribution in [3.8, 4) is 11.5 Å². The molecule has 0 unspecified atom stereocenters. The van der Waals surface area contributed by atoms with Crippen LogP contribution in [0.2, 0.25) is 5.02 Å². The molecule has 3 rings (SSSR count). The smallest absolute Gasteiger partial charge is 0.279 e. The summed E-state index contributed by atoms with van der Waals surface area (Å²) in [5, 5.41) is 30.9. The largest absolute Gasteiger partial charge is 0.419 e. The summed E-state index contributed by atoms with van der Waals surface area (Å²) in [5.74, 6) is -0.315. The predicted molar refractivity (Wildman–Crippen MR) is 114 cm³/mol. The van der Waals surface area contributed by atoms with Crippen LogP contribution in [0.4, 0.5) is 11.4 Å². The molecule has 0 aliphatic heterocycles. The summed E-state index contributed by atoms with van der Waals surface area (Å²) in [6, 6.07) is 8.77. The Kier molecular flexibility index (Phi) is 6.79. The lowest BCUT2D eigenvalue weighted by atomic mass is 10.0. The molecule has 1 aromatic heterocycles. The van der Waals surface area contributed by atoms with E-state index in [-0.39, 0.29) is 36.0 Å². The first-order valence-corrected chi connectivity index (χ1v) is 9.90. The van der Waals surface area contributed by atoms with E-state index in [1.807, 2.05) is 6.92 Å². The Morgan fingerprint density at radius 3 is 2.50 bits per heavy atom. The lowest BCUT2D eigenvalue weighted by Crippen LogP contribution is -2.32. The highest BCUT2D eigenvalue weighted by Crippen LogP contribution is 2.30. The van der Waals surface area contributed by atoms with Crippen molar-refractivity contribution in [2.75, 3.05) is 6.54 Å². The van der Waals surface area contributed by atoms with Crippen LogP contribution >= 0.6 is 11.6 Å². The van der Waals surface area contributed by atoms with Crippen molar-refractivity contribution in [2.24, 2.45) is 0 Å². The van der Waals surface area contributed by atoms with Crippen molar-refractivity contribution >= 4 is 28.9 Å². The Balaban J connectivity index is 1.95. The first kappa shape index (κ1) is 22.8. The summed E-state index contributed by atoms with van der Waals surface area (Å²) in [7, 11) is 0. The number of halogens is 1. The van der Waals surface area contributed by atoms with Gasteiger partial charge in [0.25, 0.3) is 17.3 Å². The number of benzene rings is 2. The van der Waals surface area contributed by atoms with Gasteiger partial charge in [0.15, 0.2) is 0 Å². The number of nitro groups is 2. The third kappa shape index (κ3) is 4.72. The Labute approximate surface area is 186 Å². The van der Waals surface area contributed by atoms with Crippen LogP contribution in [0.1, 0.15) is 35.2 Å². The molecule has 32 heavy (non-hydrogen) atoms. The number of hydrogen-bond donors (Lipinski definition) is 0. The average Bonchev–Trinajstić information content (AvgIpc) is 3.21. The molecular formula is C20H18ClN5O6. The average molecular weight is 460 g/mol. The molecule has 12 heteroatoms. The monoisotopic (exact) mass is 459 g/mol. The van der Waals surface area contributed by atoms with Crippen LogP contribution in [0.15, 0.2) is 40.8 Å². The Morgan fingerprint density at radius 1 is 1.16 bits per heavy atom. The number of carbonyl (C=O) groups is 1. The molecular weight excluding hydrogens is 442 g/mol. The van der Waals surface area contributed by atoms with Gasteiger partial charge >= 0.3 is 0 Å². The normalized spacial score (nSPS) is 10.7. The maximum absolute atomic E-state index is 13.2. The number of nitro benzene ring substituents is 2. The van der Waals surface area contributed by atoms with E-state index in [2.05, 4.69) is 10.2 Å². The molecule has 0 spiro atoms. The highest BCUT2D eigenvalue weighted by molar-refractivity contribution is 6.33. The van der Waals surface area contributed by atoms with Crippen molar-refractivity contribution in [1.29, 1.82) is 0 Å². The number of amides is 1. The third-order valence-electron chi connectivity index (χ3n) is 4.68. The third-order valence-corrected chi connectivity index (χ3v) is 5.01. The van der Waals surface area contributed by atoms with Crippen LogP contribution < -0.4 is 0 Å². The Hall–Kier alpha value is -3.86. The molecule has 0 atom stereocenters. The SMILES string of the molecule is CCCN(Cc1nnc(-c2ccccc2Cl)o1)C(=O)c1cc([N+](=O)[O-])cc([N+](=O)[O-])c1C. The van der Waals surface area contributed by atoms with Crippen LogP contribution in [0.5, 0.6) is 0 Å². The fourth-order valence-electron chi connectivity index (χ4n) is 3.12. The zero-order valence-electron chi connectivity index (χ0n) is 17.1. The van der Waals surface area contributed by atoms with Gasteiger partial charge in [-0.25, -0.2) is 0 Å². The number of non-ortho nitro benzene ring substituents is 1. The van der Waals surface area contributed by atoms with Crippen molar-refractivity contribution in [3.05, 3.63) is 78.7 Å². The minimum Gasteiger partial charge on any atom is -0.419 e. The zero-order chi connectivity index (χ0) is 23.4. The first-order chi connectivity index (χ1) is 15.2. The molecule has 0 aliphatic rings. The van der Waals surface area contributed by atoms with Gasteiger partial charge in [-0.2, -0.15) is 0 Å². The van der Waals surface area contributed by atoms with Crippen molar-refractivity contribution in [1.82, 2.24) is 15.1 Å².